The van der Waals surface area contributed by atoms with Gasteiger partial charge in [-0.05, 0) is 107 Å². The Morgan fingerprint density at radius 1 is 0.227 bits per heavy atom. The lowest BCUT2D eigenvalue weighted by Crippen LogP contribution is -1.96. The van der Waals surface area contributed by atoms with E-state index < -0.39 is 0 Å². The fourth-order valence-corrected chi connectivity index (χ4v) is 14.7. The molecule has 0 atom stereocenters. The average molecular weight is 909 g/mol. The van der Waals surface area contributed by atoms with E-state index >= 15 is 0 Å². The average Bonchev–Trinajstić information content (AvgIpc) is 4.15. The first kappa shape index (κ1) is 37.0. The Morgan fingerprint density at radius 3 is 0.864 bits per heavy atom. The lowest BCUT2D eigenvalue weighted by atomic mass is 9.92. The lowest BCUT2D eigenvalue weighted by molar-refractivity contribution is 1.37. The molecule has 0 amide bonds. The smallest absolute Gasteiger partial charge is 0.0978 e. The molecule has 0 aliphatic heterocycles. The second-order valence-electron chi connectivity index (χ2n) is 17.2. The van der Waals surface area contributed by atoms with E-state index in [0.29, 0.717) is 0 Å². The van der Waals surface area contributed by atoms with E-state index in [4.69, 9.17) is 9.97 Å². The van der Waals surface area contributed by atoms with Gasteiger partial charge in [-0.15, -0.1) is 45.3 Å². The SMILES string of the molecule is c1ccc2c(c1)sc1ccc(-c3cc(-c4ccc5sc6ccccc6c5c4)c4ccc5c(-c6ccc7sc8ccccc8c7c6)cc(-c6ccc7sc8ccccc8c7c6)nc5c4n3)cc12. The number of hydrogen-bond donors (Lipinski definition) is 0. The van der Waals surface area contributed by atoms with E-state index in [2.05, 4.69) is 194 Å². The van der Waals surface area contributed by atoms with Gasteiger partial charge in [0.25, 0.3) is 0 Å². The van der Waals surface area contributed by atoms with Crippen molar-refractivity contribution in [2.45, 2.75) is 0 Å². The van der Waals surface area contributed by atoms with Gasteiger partial charge >= 0.3 is 0 Å². The van der Waals surface area contributed by atoms with Crippen molar-refractivity contribution < 1.29 is 0 Å². The van der Waals surface area contributed by atoms with Crippen LogP contribution in [0.1, 0.15) is 0 Å². The highest BCUT2D eigenvalue weighted by molar-refractivity contribution is 7.27. The summed E-state index contributed by atoms with van der Waals surface area (Å²) in [6.07, 6.45) is 0. The predicted octanol–water partition coefficient (Wildman–Crippen LogP) is 18.9. The van der Waals surface area contributed by atoms with E-state index in [9.17, 15) is 0 Å². The zero-order valence-electron chi connectivity index (χ0n) is 35.0. The highest BCUT2D eigenvalue weighted by Gasteiger charge is 2.20. The molecule has 0 saturated carbocycles. The van der Waals surface area contributed by atoms with Crippen LogP contribution in [0.4, 0.5) is 0 Å². The second-order valence-corrected chi connectivity index (χ2v) is 21.5. The largest absolute Gasteiger partial charge is 0.245 e. The Hall–Kier alpha value is -7.32. The summed E-state index contributed by atoms with van der Waals surface area (Å²) in [4.78, 5) is 11.4. The van der Waals surface area contributed by atoms with Crippen LogP contribution in [0.15, 0.2) is 194 Å². The summed E-state index contributed by atoms with van der Waals surface area (Å²) in [6.45, 7) is 0. The molecule has 6 heterocycles. The monoisotopic (exact) mass is 908 g/mol. The van der Waals surface area contributed by atoms with Crippen molar-refractivity contribution >= 4 is 148 Å². The fourth-order valence-electron chi connectivity index (χ4n) is 10.3. The van der Waals surface area contributed by atoms with Crippen molar-refractivity contribution in [1.82, 2.24) is 9.97 Å². The van der Waals surface area contributed by atoms with Crippen LogP contribution in [0.3, 0.4) is 0 Å². The van der Waals surface area contributed by atoms with E-state index in [0.717, 1.165) is 55.4 Å². The molecule has 6 heteroatoms. The molecule has 9 aromatic carbocycles. The minimum atomic E-state index is 0.901. The number of pyridine rings is 2. The summed E-state index contributed by atoms with van der Waals surface area (Å²) < 4.78 is 10.3. The van der Waals surface area contributed by atoms with Crippen molar-refractivity contribution in [3.63, 3.8) is 0 Å². The van der Waals surface area contributed by atoms with Gasteiger partial charge in [-0.3, -0.25) is 0 Å². The van der Waals surface area contributed by atoms with Gasteiger partial charge in [0.15, 0.2) is 0 Å². The van der Waals surface area contributed by atoms with Crippen molar-refractivity contribution in [3.8, 4) is 44.8 Å². The van der Waals surface area contributed by atoms with E-state index in [1.165, 1.54) is 91.8 Å². The summed E-state index contributed by atoms with van der Waals surface area (Å²) in [5.74, 6) is 0. The van der Waals surface area contributed by atoms with Gasteiger partial charge < -0.3 is 0 Å². The Bertz CT molecular complexity index is 4260. The van der Waals surface area contributed by atoms with Gasteiger partial charge in [-0.25, -0.2) is 9.97 Å². The zero-order chi connectivity index (χ0) is 43.0. The summed E-state index contributed by atoms with van der Waals surface area (Å²) in [5.41, 5.74) is 10.5. The zero-order valence-corrected chi connectivity index (χ0v) is 38.3. The molecule has 66 heavy (non-hydrogen) atoms. The maximum atomic E-state index is 5.71. The topological polar surface area (TPSA) is 25.8 Å². The minimum Gasteiger partial charge on any atom is -0.245 e. The molecule has 15 rings (SSSR count). The molecule has 0 N–H and O–H groups in total. The third-order valence-electron chi connectivity index (χ3n) is 13.5. The van der Waals surface area contributed by atoms with E-state index in [-0.39, 0.29) is 0 Å². The highest BCUT2D eigenvalue weighted by Crippen LogP contribution is 2.45. The molecule has 306 valence electrons. The second kappa shape index (κ2) is 14.1. The molecule has 0 saturated heterocycles. The quantitative estimate of drug-likeness (QED) is 0.164. The Balaban J connectivity index is 1.04. The molecule has 0 aliphatic rings. The summed E-state index contributed by atoms with van der Waals surface area (Å²) in [6, 6.07) is 71.9. The number of rotatable bonds is 4. The minimum absolute atomic E-state index is 0.901. The van der Waals surface area contributed by atoms with Crippen LogP contribution in [0.25, 0.3) is 147 Å². The van der Waals surface area contributed by atoms with Crippen LogP contribution in [0.2, 0.25) is 0 Å². The van der Waals surface area contributed by atoms with Crippen molar-refractivity contribution in [3.05, 3.63) is 194 Å². The molecule has 0 fully saturated rings. The molecule has 0 aliphatic carbocycles. The van der Waals surface area contributed by atoms with Crippen LogP contribution >= 0.6 is 45.3 Å². The van der Waals surface area contributed by atoms with E-state index in [1.807, 2.05) is 45.3 Å². The molecular weight excluding hydrogens is 877 g/mol. The highest BCUT2D eigenvalue weighted by atomic mass is 32.1. The third kappa shape index (κ3) is 5.57. The first-order valence-electron chi connectivity index (χ1n) is 22.1. The summed E-state index contributed by atoms with van der Waals surface area (Å²) in [7, 11) is 0. The fraction of sp³-hybridized carbons (Fsp3) is 0. The van der Waals surface area contributed by atoms with Crippen molar-refractivity contribution in [2.75, 3.05) is 0 Å². The van der Waals surface area contributed by atoms with Gasteiger partial charge in [0.1, 0.15) is 0 Å². The maximum Gasteiger partial charge on any atom is 0.0978 e. The molecule has 6 aromatic heterocycles. The van der Waals surface area contributed by atoms with Crippen LogP contribution < -0.4 is 0 Å². The van der Waals surface area contributed by atoms with Crippen LogP contribution in [0.5, 0.6) is 0 Å². The van der Waals surface area contributed by atoms with Crippen LogP contribution in [0, 0.1) is 0 Å². The Morgan fingerprint density at radius 2 is 0.515 bits per heavy atom. The molecule has 0 radical (unpaired) electrons. The summed E-state index contributed by atoms with van der Waals surface area (Å²) >= 11 is 7.41. The van der Waals surface area contributed by atoms with Gasteiger partial charge in [-0.2, -0.15) is 0 Å². The third-order valence-corrected chi connectivity index (χ3v) is 18.1. The van der Waals surface area contributed by atoms with Gasteiger partial charge in [-0.1, -0.05) is 109 Å². The molecule has 0 bridgehead atoms. The number of fused-ring (bicyclic) bond motifs is 15. The molecule has 2 nitrogen and oxygen atoms in total. The number of aromatic nitrogens is 2. The number of hydrogen-bond acceptors (Lipinski definition) is 6. The Kier molecular flexibility index (Phi) is 7.89. The molecular formula is C60H32N2S4. The predicted molar refractivity (Wildman–Crippen MR) is 290 cm³/mol. The summed E-state index contributed by atoms with van der Waals surface area (Å²) in [5, 5.41) is 12.4. The van der Waals surface area contributed by atoms with Crippen molar-refractivity contribution in [1.29, 1.82) is 0 Å². The number of benzene rings is 9. The molecule has 0 unspecified atom stereocenters. The molecule has 15 aromatic rings. The lowest BCUT2D eigenvalue weighted by Gasteiger charge is -2.16. The van der Waals surface area contributed by atoms with Gasteiger partial charge in [0.05, 0.1) is 22.4 Å². The number of thiophene rings is 4. The normalized spacial score (nSPS) is 12.2. The first-order chi connectivity index (χ1) is 32.6. The van der Waals surface area contributed by atoms with Crippen molar-refractivity contribution in [2.24, 2.45) is 0 Å². The molecule has 0 spiro atoms. The van der Waals surface area contributed by atoms with Gasteiger partial charge in [0, 0.05) is 103 Å². The standard InChI is InChI=1S/C60H32N2S4/c1-5-13-51-37(9-1)45-27-33(17-23-55(45)63-51)43-31-49(35-19-25-57-47(29-35)39-11-3-7-15-53(39)65-57)61-59-41(43)21-22-42-44(34-18-24-56-46(28-34)38-10-2-6-14-52(38)64-56)32-50(62-60(42)59)36-20-26-58-48(30-36)40-12-4-8-16-54(40)66-58/h1-32H. The maximum absolute atomic E-state index is 5.71. The van der Waals surface area contributed by atoms with Crippen LogP contribution in [-0.4, -0.2) is 9.97 Å². The first-order valence-corrected chi connectivity index (χ1v) is 25.4. The Labute approximate surface area is 393 Å². The number of nitrogens with zero attached hydrogens (tertiary/aromatic N) is 2. The van der Waals surface area contributed by atoms with Crippen LogP contribution in [-0.2, 0) is 0 Å². The van der Waals surface area contributed by atoms with Gasteiger partial charge in [0.2, 0.25) is 0 Å². The van der Waals surface area contributed by atoms with E-state index in [1.54, 1.807) is 0 Å².